The van der Waals surface area contributed by atoms with E-state index in [9.17, 15) is 18.8 Å². The van der Waals surface area contributed by atoms with Crippen LogP contribution in [-0.2, 0) is 16.1 Å². The summed E-state index contributed by atoms with van der Waals surface area (Å²) in [5, 5.41) is 6.01. The first-order valence-corrected chi connectivity index (χ1v) is 12.1. The molecule has 0 saturated heterocycles. The number of pyridine rings is 1. The number of nitrogens with one attached hydrogen (secondary N) is 3. The number of Topliss-reactive ketones (excluding diaryl/α,β-unsaturated/α-hetero) is 1. The fourth-order valence-electron chi connectivity index (χ4n) is 4.25. The monoisotopic (exact) mass is 505 g/mol. The molecule has 5 rings (SSSR count). The lowest BCUT2D eigenvalue weighted by atomic mass is 10.0. The Hall–Kier alpha value is -4.21. The average molecular weight is 506 g/mol. The Bertz CT molecular complexity index is 1360. The molecule has 3 aromatic rings. The van der Waals surface area contributed by atoms with Crippen molar-refractivity contribution in [1.82, 2.24) is 14.9 Å². The van der Waals surface area contributed by atoms with Gasteiger partial charge in [0.15, 0.2) is 5.78 Å². The molecule has 0 unspecified atom stereocenters. The van der Waals surface area contributed by atoms with Crippen LogP contribution in [0.3, 0.4) is 0 Å². The highest BCUT2D eigenvalue weighted by molar-refractivity contribution is 6.09. The quantitative estimate of drug-likeness (QED) is 0.447. The van der Waals surface area contributed by atoms with Crippen molar-refractivity contribution in [2.75, 3.05) is 17.2 Å². The van der Waals surface area contributed by atoms with Gasteiger partial charge in [0.25, 0.3) is 0 Å². The zero-order valence-electron chi connectivity index (χ0n) is 20.8. The van der Waals surface area contributed by atoms with Crippen molar-refractivity contribution in [3.8, 4) is 11.3 Å². The molecular weight excluding hydrogens is 477 g/mol. The lowest BCUT2D eigenvalue weighted by molar-refractivity contribution is -0.117. The molecule has 1 aliphatic heterocycles. The van der Waals surface area contributed by atoms with Crippen molar-refractivity contribution in [2.24, 2.45) is 5.92 Å². The number of fused-ring (bicyclic) bond motifs is 1. The van der Waals surface area contributed by atoms with Gasteiger partial charge >= 0.3 is 6.09 Å². The molecule has 3 N–H and O–H groups in total. The van der Waals surface area contributed by atoms with Crippen LogP contribution in [0.2, 0.25) is 0 Å². The number of rotatable bonds is 5. The Labute approximate surface area is 213 Å². The molecule has 1 aliphatic carbocycles. The maximum absolute atomic E-state index is 13.3. The molecule has 3 heterocycles. The molecule has 2 atom stereocenters. The van der Waals surface area contributed by atoms with Gasteiger partial charge in [-0.3, -0.25) is 14.5 Å². The number of ketones is 1. The first-order valence-electron chi connectivity index (χ1n) is 12.1. The van der Waals surface area contributed by atoms with Gasteiger partial charge in [-0.2, -0.15) is 0 Å². The van der Waals surface area contributed by atoms with Crippen LogP contribution in [0, 0.1) is 5.92 Å². The van der Waals surface area contributed by atoms with Crippen LogP contribution >= 0.6 is 0 Å². The van der Waals surface area contributed by atoms with Crippen molar-refractivity contribution in [3.05, 3.63) is 59.9 Å². The molecule has 2 amide bonds. The standard InChI is InChI=1S/C27H28FN5O4/c1-27(2,3)37-26(36)33-13-19-22(20(34)14-33)24(30-16-7-5-4-6-8-16)23(31-19)15-9-10-29-21(11-15)32-25(35)17-12-18(17)28/h4-11,17-18,30-31H,12-14H2,1-3H3,(H,29,32,35)/t17-,18-/m1/s1. The molecule has 2 aromatic heterocycles. The molecule has 0 bridgehead atoms. The van der Waals surface area contributed by atoms with Gasteiger partial charge in [0, 0.05) is 23.1 Å². The zero-order valence-corrected chi connectivity index (χ0v) is 20.8. The number of nitrogens with zero attached hydrogens (tertiary/aromatic N) is 2. The number of hydrogen-bond acceptors (Lipinski definition) is 6. The SMILES string of the molecule is CC(C)(C)OC(=O)N1CC(=O)c2c([nH]c(-c3ccnc(NC(=O)[C@@H]4C[C@H]4F)c3)c2Nc2ccccc2)C1. The lowest BCUT2D eigenvalue weighted by Crippen LogP contribution is -2.42. The Kier molecular flexibility index (Phi) is 6.18. The van der Waals surface area contributed by atoms with E-state index in [0.29, 0.717) is 28.2 Å². The molecule has 1 saturated carbocycles. The van der Waals surface area contributed by atoms with Crippen LogP contribution in [0.25, 0.3) is 11.3 Å². The summed E-state index contributed by atoms with van der Waals surface area (Å²) >= 11 is 0. The molecule has 37 heavy (non-hydrogen) atoms. The van der Waals surface area contributed by atoms with Crippen LogP contribution < -0.4 is 10.6 Å². The Morgan fingerprint density at radius 1 is 1.16 bits per heavy atom. The highest BCUT2D eigenvalue weighted by atomic mass is 19.1. The first-order chi connectivity index (χ1) is 17.6. The van der Waals surface area contributed by atoms with Crippen molar-refractivity contribution in [2.45, 2.75) is 45.5 Å². The number of ether oxygens (including phenoxy) is 1. The summed E-state index contributed by atoms with van der Waals surface area (Å²) in [6, 6.07) is 12.8. The molecule has 10 heteroatoms. The number of halogens is 1. The molecule has 192 valence electrons. The number of amides is 2. The van der Waals surface area contributed by atoms with E-state index in [1.165, 1.54) is 11.1 Å². The van der Waals surface area contributed by atoms with E-state index in [1.54, 1.807) is 32.9 Å². The minimum absolute atomic E-state index is 0.119. The summed E-state index contributed by atoms with van der Waals surface area (Å²) in [5.74, 6) is -1.01. The van der Waals surface area contributed by atoms with Crippen molar-refractivity contribution < 1.29 is 23.5 Å². The lowest BCUT2D eigenvalue weighted by Gasteiger charge is -2.29. The number of hydrogen-bond donors (Lipinski definition) is 3. The van der Waals surface area contributed by atoms with Gasteiger partial charge in [0.1, 0.15) is 17.6 Å². The minimum Gasteiger partial charge on any atom is -0.444 e. The average Bonchev–Trinajstić information content (AvgIpc) is 3.46. The maximum Gasteiger partial charge on any atom is 0.411 e. The molecular formula is C27H28FN5O4. The van der Waals surface area contributed by atoms with Crippen molar-refractivity contribution in [3.63, 3.8) is 0 Å². The molecule has 1 fully saturated rings. The molecule has 9 nitrogen and oxygen atoms in total. The topological polar surface area (TPSA) is 116 Å². The number of anilines is 3. The Balaban J connectivity index is 1.51. The third-order valence-corrected chi connectivity index (χ3v) is 6.08. The van der Waals surface area contributed by atoms with Gasteiger partial charge in [-0.1, -0.05) is 18.2 Å². The van der Waals surface area contributed by atoms with Gasteiger partial charge < -0.3 is 20.4 Å². The van der Waals surface area contributed by atoms with E-state index in [0.717, 1.165) is 5.69 Å². The van der Waals surface area contributed by atoms with E-state index >= 15 is 0 Å². The number of aromatic amines is 1. The summed E-state index contributed by atoms with van der Waals surface area (Å²) in [5.41, 5.74) is 2.92. The summed E-state index contributed by atoms with van der Waals surface area (Å²) in [6.45, 7) is 5.36. The largest absolute Gasteiger partial charge is 0.444 e. The first kappa shape index (κ1) is 24.5. The van der Waals surface area contributed by atoms with Crippen LogP contribution in [0.4, 0.5) is 26.4 Å². The van der Waals surface area contributed by atoms with Gasteiger partial charge in [0.05, 0.1) is 36.0 Å². The van der Waals surface area contributed by atoms with Gasteiger partial charge in [-0.25, -0.2) is 14.2 Å². The predicted octanol–water partition coefficient (Wildman–Crippen LogP) is 5.05. The minimum atomic E-state index is -1.11. The van der Waals surface area contributed by atoms with Crippen molar-refractivity contribution in [1.29, 1.82) is 0 Å². The molecule has 1 aromatic carbocycles. The number of benzene rings is 1. The second-order valence-corrected chi connectivity index (χ2v) is 10.3. The number of carbonyl (C=O) groups excluding carboxylic acids is 3. The van der Waals surface area contributed by atoms with Gasteiger partial charge in [-0.05, 0) is 51.5 Å². The predicted molar refractivity (Wildman–Crippen MR) is 136 cm³/mol. The Morgan fingerprint density at radius 3 is 2.57 bits per heavy atom. The normalized spacial score (nSPS) is 18.7. The molecule has 2 aliphatic rings. The van der Waals surface area contributed by atoms with Gasteiger partial charge in [-0.15, -0.1) is 0 Å². The van der Waals surface area contributed by atoms with Crippen LogP contribution in [0.1, 0.15) is 43.2 Å². The smallest absolute Gasteiger partial charge is 0.411 e. The number of alkyl halides is 1. The number of aromatic nitrogens is 2. The van der Waals surface area contributed by atoms with Crippen LogP contribution in [0.5, 0.6) is 0 Å². The Morgan fingerprint density at radius 2 is 1.89 bits per heavy atom. The van der Waals surface area contributed by atoms with Crippen LogP contribution in [0.15, 0.2) is 48.7 Å². The third kappa shape index (κ3) is 5.32. The van der Waals surface area contributed by atoms with Crippen LogP contribution in [-0.4, -0.2) is 51.0 Å². The molecule has 0 radical (unpaired) electrons. The fourth-order valence-corrected chi connectivity index (χ4v) is 4.25. The number of carbonyl (C=O) groups is 3. The van der Waals surface area contributed by atoms with E-state index in [-0.39, 0.29) is 31.1 Å². The maximum atomic E-state index is 13.3. The third-order valence-electron chi connectivity index (χ3n) is 6.08. The van der Waals surface area contributed by atoms with E-state index in [2.05, 4.69) is 20.6 Å². The summed E-state index contributed by atoms with van der Waals surface area (Å²) in [4.78, 5) is 47.1. The number of H-pyrrole nitrogens is 1. The van der Waals surface area contributed by atoms with E-state index in [1.807, 2.05) is 30.3 Å². The molecule has 0 spiro atoms. The highest BCUT2D eigenvalue weighted by Gasteiger charge is 2.43. The number of para-hydroxylation sites is 1. The fraction of sp³-hybridized carbons (Fsp3) is 0.333. The second kappa shape index (κ2) is 9.34. The van der Waals surface area contributed by atoms with E-state index < -0.39 is 29.7 Å². The summed E-state index contributed by atoms with van der Waals surface area (Å²) in [7, 11) is 0. The summed E-state index contributed by atoms with van der Waals surface area (Å²) in [6.07, 6.45) is 0.0708. The van der Waals surface area contributed by atoms with Gasteiger partial charge in [0.2, 0.25) is 5.91 Å². The zero-order chi connectivity index (χ0) is 26.3. The van der Waals surface area contributed by atoms with Crippen molar-refractivity contribution >= 4 is 35.0 Å². The summed E-state index contributed by atoms with van der Waals surface area (Å²) < 4.78 is 18.8. The second-order valence-electron chi connectivity index (χ2n) is 10.3. The highest BCUT2D eigenvalue weighted by Crippen LogP contribution is 2.39. The van der Waals surface area contributed by atoms with E-state index in [4.69, 9.17) is 4.74 Å².